The van der Waals surface area contributed by atoms with Gasteiger partial charge in [-0.05, 0) is 45.1 Å². The van der Waals surface area contributed by atoms with Gasteiger partial charge in [0, 0.05) is 57.2 Å². The summed E-state index contributed by atoms with van der Waals surface area (Å²) in [6.07, 6.45) is 5.12. The fourth-order valence-electron chi connectivity index (χ4n) is 3.90. The second kappa shape index (κ2) is 8.12. The van der Waals surface area contributed by atoms with Crippen LogP contribution in [0.15, 0.2) is 12.3 Å². The molecule has 0 aliphatic carbocycles. The highest BCUT2D eigenvalue weighted by molar-refractivity contribution is 5.78. The van der Waals surface area contributed by atoms with Crippen LogP contribution < -0.4 is 0 Å². The molecule has 2 aliphatic heterocycles. The summed E-state index contributed by atoms with van der Waals surface area (Å²) in [5, 5.41) is 7.06. The number of nitrogens with one attached hydrogen (secondary N) is 1. The number of rotatable bonds is 5. The number of aromatic nitrogens is 2. The fourth-order valence-corrected chi connectivity index (χ4v) is 3.90. The molecule has 3 rings (SSSR count). The highest BCUT2D eigenvalue weighted by Gasteiger charge is 2.26. The Hall–Kier alpha value is -1.40. The summed E-state index contributed by atoms with van der Waals surface area (Å²) >= 11 is 0. The van der Waals surface area contributed by atoms with Gasteiger partial charge in [0.2, 0.25) is 5.91 Å². The van der Waals surface area contributed by atoms with Crippen LogP contribution in [0.2, 0.25) is 0 Å². The Morgan fingerprint density at radius 2 is 2.08 bits per heavy atom. The molecule has 6 heteroatoms. The van der Waals surface area contributed by atoms with Crippen molar-refractivity contribution >= 4 is 5.91 Å². The lowest BCUT2D eigenvalue weighted by Gasteiger charge is -2.38. The first-order chi connectivity index (χ1) is 11.6. The molecule has 1 N–H and O–H groups in total. The van der Waals surface area contributed by atoms with Crippen LogP contribution in [-0.2, 0) is 11.2 Å². The lowest BCUT2D eigenvalue weighted by Crippen LogP contribution is -2.52. The molecule has 1 amide bonds. The first kappa shape index (κ1) is 17.4. The molecule has 3 heterocycles. The van der Waals surface area contributed by atoms with E-state index in [0.29, 0.717) is 24.4 Å². The maximum absolute atomic E-state index is 12.7. The maximum Gasteiger partial charge on any atom is 0.236 e. The molecule has 2 saturated heterocycles. The number of H-pyrrole nitrogens is 1. The Balaban J connectivity index is 1.45. The van der Waals surface area contributed by atoms with Crippen molar-refractivity contribution in [3.05, 3.63) is 18.0 Å². The van der Waals surface area contributed by atoms with Crippen molar-refractivity contribution in [3.63, 3.8) is 0 Å². The third-order valence-corrected chi connectivity index (χ3v) is 5.43. The number of hydrogen-bond donors (Lipinski definition) is 1. The molecule has 1 aromatic heterocycles. The largest absolute Gasteiger partial charge is 0.341 e. The molecule has 0 bridgehead atoms. The zero-order valence-electron chi connectivity index (χ0n) is 15.1. The predicted molar refractivity (Wildman–Crippen MR) is 94.7 cm³/mol. The molecule has 0 saturated carbocycles. The van der Waals surface area contributed by atoms with E-state index in [-0.39, 0.29) is 0 Å². The average molecular weight is 333 g/mol. The van der Waals surface area contributed by atoms with Gasteiger partial charge in [0.05, 0.1) is 6.54 Å². The summed E-state index contributed by atoms with van der Waals surface area (Å²) in [4.78, 5) is 19.6. The van der Waals surface area contributed by atoms with Crippen molar-refractivity contribution in [2.24, 2.45) is 5.92 Å². The molecule has 1 unspecified atom stereocenters. The van der Waals surface area contributed by atoms with E-state index in [4.69, 9.17) is 0 Å². The van der Waals surface area contributed by atoms with Gasteiger partial charge in [0.15, 0.2) is 0 Å². The van der Waals surface area contributed by atoms with Crippen molar-refractivity contribution in [2.75, 3.05) is 45.8 Å². The first-order valence-electron chi connectivity index (χ1n) is 9.34. The molecule has 2 aliphatic rings. The molecule has 0 aromatic carbocycles. The molecular weight excluding hydrogens is 302 g/mol. The van der Waals surface area contributed by atoms with E-state index < -0.39 is 0 Å². The zero-order chi connectivity index (χ0) is 16.9. The molecule has 1 atom stereocenters. The van der Waals surface area contributed by atoms with Gasteiger partial charge in [-0.2, -0.15) is 5.10 Å². The number of nitrogens with zero attached hydrogens (tertiary/aromatic N) is 4. The van der Waals surface area contributed by atoms with Crippen molar-refractivity contribution in [1.29, 1.82) is 0 Å². The average Bonchev–Trinajstić information content (AvgIpc) is 3.08. The summed E-state index contributed by atoms with van der Waals surface area (Å²) in [6.45, 7) is 11.1. The molecule has 6 nitrogen and oxygen atoms in total. The van der Waals surface area contributed by atoms with Crippen molar-refractivity contribution in [1.82, 2.24) is 24.9 Å². The van der Waals surface area contributed by atoms with E-state index in [1.54, 1.807) is 6.20 Å². The van der Waals surface area contributed by atoms with E-state index in [1.807, 2.05) is 6.07 Å². The van der Waals surface area contributed by atoms with E-state index in [1.165, 1.54) is 12.1 Å². The molecule has 2 fully saturated rings. The highest BCUT2D eigenvalue weighted by Crippen LogP contribution is 2.20. The van der Waals surface area contributed by atoms with Gasteiger partial charge in [0.25, 0.3) is 0 Å². The lowest BCUT2D eigenvalue weighted by atomic mass is 9.93. The van der Waals surface area contributed by atoms with E-state index in [2.05, 4.69) is 38.7 Å². The van der Waals surface area contributed by atoms with Gasteiger partial charge in [-0.1, -0.05) is 0 Å². The molecular formula is C18H31N5O. The minimum absolute atomic E-state index is 0.308. The van der Waals surface area contributed by atoms with Gasteiger partial charge in [-0.15, -0.1) is 0 Å². The van der Waals surface area contributed by atoms with Crippen molar-refractivity contribution < 1.29 is 4.79 Å². The monoisotopic (exact) mass is 333 g/mol. The Bertz CT molecular complexity index is 507. The van der Waals surface area contributed by atoms with Crippen LogP contribution >= 0.6 is 0 Å². The number of piperazine rings is 1. The topological polar surface area (TPSA) is 55.5 Å². The smallest absolute Gasteiger partial charge is 0.236 e. The number of likely N-dealkylation sites (tertiary alicyclic amines) is 1. The minimum atomic E-state index is 0.308. The van der Waals surface area contributed by atoms with Crippen LogP contribution in [0.4, 0.5) is 0 Å². The van der Waals surface area contributed by atoms with E-state index >= 15 is 0 Å². The number of amides is 1. The second-order valence-corrected chi connectivity index (χ2v) is 7.54. The van der Waals surface area contributed by atoms with Gasteiger partial charge < -0.3 is 4.90 Å². The molecule has 134 valence electrons. The van der Waals surface area contributed by atoms with Crippen LogP contribution in [0.3, 0.4) is 0 Å². The number of aromatic amines is 1. The summed E-state index contributed by atoms with van der Waals surface area (Å²) in [5.74, 6) is 0.864. The maximum atomic E-state index is 12.7. The van der Waals surface area contributed by atoms with Crippen LogP contribution in [-0.4, -0.2) is 82.7 Å². The van der Waals surface area contributed by atoms with Crippen molar-refractivity contribution in [3.8, 4) is 0 Å². The van der Waals surface area contributed by atoms with Crippen LogP contribution in [0.5, 0.6) is 0 Å². The van der Waals surface area contributed by atoms with Gasteiger partial charge in [-0.25, -0.2) is 0 Å². The minimum Gasteiger partial charge on any atom is -0.341 e. The lowest BCUT2D eigenvalue weighted by molar-refractivity contribution is -0.134. The Labute approximate surface area is 145 Å². The number of carbonyl (C=O) groups is 1. The SMILES string of the molecule is CC(C)N1CCN(CC(=O)N2CCCC(Cc3ccn[nH]3)C2)CC1. The van der Waals surface area contributed by atoms with Crippen LogP contribution in [0, 0.1) is 5.92 Å². The van der Waals surface area contributed by atoms with Crippen LogP contribution in [0.1, 0.15) is 32.4 Å². The Morgan fingerprint density at radius 1 is 1.29 bits per heavy atom. The molecule has 0 spiro atoms. The molecule has 1 aromatic rings. The van der Waals surface area contributed by atoms with Crippen molar-refractivity contribution in [2.45, 2.75) is 39.2 Å². The zero-order valence-corrected chi connectivity index (χ0v) is 15.1. The van der Waals surface area contributed by atoms with E-state index in [9.17, 15) is 4.79 Å². The fraction of sp³-hybridized carbons (Fsp3) is 0.778. The highest BCUT2D eigenvalue weighted by atomic mass is 16.2. The summed E-state index contributed by atoms with van der Waals surface area (Å²) in [6, 6.07) is 2.64. The van der Waals surface area contributed by atoms with Gasteiger partial charge >= 0.3 is 0 Å². The van der Waals surface area contributed by atoms with Gasteiger partial charge in [0.1, 0.15) is 0 Å². The van der Waals surface area contributed by atoms with Gasteiger partial charge in [-0.3, -0.25) is 19.7 Å². The van der Waals surface area contributed by atoms with Crippen LogP contribution in [0.25, 0.3) is 0 Å². The first-order valence-corrected chi connectivity index (χ1v) is 9.34. The third kappa shape index (κ3) is 4.57. The predicted octanol–water partition coefficient (Wildman–Crippen LogP) is 1.22. The summed E-state index contributed by atoms with van der Waals surface area (Å²) in [7, 11) is 0. The summed E-state index contributed by atoms with van der Waals surface area (Å²) in [5.41, 5.74) is 1.18. The third-order valence-electron chi connectivity index (χ3n) is 5.43. The summed E-state index contributed by atoms with van der Waals surface area (Å²) < 4.78 is 0. The molecule has 24 heavy (non-hydrogen) atoms. The molecule has 0 radical (unpaired) electrons. The number of piperidine rings is 1. The Morgan fingerprint density at radius 3 is 2.75 bits per heavy atom. The normalized spacial score (nSPS) is 23.8. The standard InChI is InChI=1S/C18H31N5O/c1-15(2)22-10-8-21(9-11-22)14-18(24)23-7-3-4-16(13-23)12-17-5-6-19-20-17/h5-6,15-16H,3-4,7-14H2,1-2H3,(H,19,20). The number of carbonyl (C=O) groups excluding carboxylic acids is 1. The number of hydrogen-bond acceptors (Lipinski definition) is 4. The van der Waals surface area contributed by atoms with E-state index in [0.717, 1.165) is 52.1 Å². The second-order valence-electron chi connectivity index (χ2n) is 7.54. The quantitative estimate of drug-likeness (QED) is 0.880. The Kier molecular flexibility index (Phi) is 5.89.